The number of hydrogen-bond acceptors (Lipinski definition) is 5. The number of nitrogen functional groups attached to an aromatic ring is 1. The fourth-order valence-electron chi connectivity index (χ4n) is 2.40. The van der Waals surface area contributed by atoms with E-state index >= 15 is 0 Å². The zero-order valence-electron chi connectivity index (χ0n) is 13.8. The minimum Gasteiger partial charge on any atom is -0.497 e. The molecule has 0 atom stereocenters. The van der Waals surface area contributed by atoms with Crippen LogP contribution < -0.4 is 15.8 Å². The molecule has 0 spiro atoms. The highest BCUT2D eigenvalue weighted by Crippen LogP contribution is 2.13. The Kier molecular flexibility index (Phi) is 4.94. The number of aromatic nitrogens is 3. The monoisotopic (exact) mass is 337 g/mol. The third kappa shape index (κ3) is 3.95. The first-order chi connectivity index (χ1) is 12.2. The zero-order chi connectivity index (χ0) is 17.6. The number of carbonyl (C=O) groups excluding carboxylic acids is 1. The van der Waals surface area contributed by atoms with Crippen molar-refractivity contribution in [3.63, 3.8) is 0 Å². The Morgan fingerprint density at radius 1 is 1.16 bits per heavy atom. The summed E-state index contributed by atoms with van der Waals surface area (Å²) in [5.41, 5.74) is 8.10. The summed E-state index contributed by atoms with van der Waals surface area (Å²) >= 11 is 0. The molecule has 0 aliphatic rings. The maximum atomic E-state index is 12.3. The van der Waals surface area contributed by atoms with Crippen molar-refractivity contribution in [3.05, 3.63) is 71.4 Å². The van der Waals surface area contributed by atoms with E-state index in [-0.39, 0.29) is 17.4 Å². The molecular weight excluding hydrogens is 318 g/mol. The van der Waals surface area contributed by atoms with Crippen molar-refractivity contribution >= 4 is 11.7 Å². The molecule has 0 saturated heterocycles. The molecule has 0 saturated carbocycles. The molecule has 7 heteroatoms. The predicted molar refractivity (Wildman–Crippen MR) is 94.1 cm³/mol. The molecule has 0 bridgehead atoms. The molecule has 25 heavy (non-hydrogen) atoms. The number of carbonyl (C=O) groups is 1. The summed E-state index contributed by atoms with van der Waals surface area (Å²) in [7, 11) is 1.60. The van der Waals surface area contributed by atoms with Crippen LogP contribution in [0.25, 0.3) is 0 Å². The highest BCUT2D eigenvalue weighted by molar-refractivity contribution is 5.96. The van der Waals surface area contributed by atoms with Crippen molar-refractivity contribution in [2.45, 2.75) is 13.1 Å². The average molecular weight is 337 g/mol. The van der Waals surface area contributed by atoms with E-state index in [2.05, 4.69) is 15.6 Å². The second kappa shape index (κ2) is 7.48. The van der Waals surface area contributed by atoms with Crippen molar-refractivity contribution in [1.82, 2.24) is 20.3 Å². The number of hydrogen-bond donors (Lipinski definition) is 2. The molecule has 2 aromatic carbocycles. The molecular formula is C18H19N5O2. The molecule has 0 fully saturated rings. The van der Waals surface area contributed by atoms with Gasteiger partial charge in [0.15, 0.2) is 11.5 Å². The molecule has 3 aromatic rings. The van der Waals surface area contributed by atoms with E-state index in [1.165, 1.54) is 4.68 Å². The minimum atomic E-state index is -0.361. The zero-order valence-corrected chi connectivity index (χ0v) is 13.8. The molecule has 0 unspecified atom stereocenters. The summed E-state index contributed by atoms with van der Waals surface area (Å²) in [5, 5.41) is 10.7. The second-order valence-corrected chi connectivity index (χ2v) is 5.50. The average Bonchev–Trinajstić information content (AvgIpc) is 3.01. The van der Waals surface area contributed by atoms with Gasteiger partial charge in [0.2, 0.25) is 0 Å². The SMILES string of the molecule is COc1cccc(CNC(=O)c2nnn(Cc3ccccc3)c2N)c1. The van der Waals surface area contributed by atoms with Gasteiger partial charge in [0, 0.05) is 6.54 Å². The maximum absolute atomic E-state index is 12.3. The first-order valence-corrected chi connectivity index (χ1v) is 7.81. The van der Waals surface area contributed by atoms with E-state index in [0.717, 1.165) is 16.9 Å². The minimum absolute atomic E-state index is 0.124. The molecule has 7 nitrogen and oxygen atoms in total. The molecule has 1 amide bonds. The van der Waals surface area contributed by atoms with Gasteiger partial charge in [-0.25, -0.2) is 4.68 Å². The van der Waals surface area contributed by atoms with Crippen LogP contribution in [0.15, 0.2) is 54.6 Å². The van der Waals surface area contributed by atoms with E-state index in [4.69, 9.17) is 10.5 Å². The van der Waals surface area contributed by atoms with Crippen LogP contribution in [-0.2, 0) is 13.1 Å². The van der Waals surface area contributed by atoms with E-state index in [1.54, 1.807) is 7.11 Å². The lowest BCUT2D eigenvalue weighted by Gasteiger charge is -2.06. The van der Waals surface area contributed by atoms with Gasteiger partial charge in [-0.2, -0.15) is 0 Å². The topological polar surface area (TPSA) is 95.1 Å². The van der Waals surface area contributed by atoms with Crippen LogP contribution in [0.2, 0.25) is 0 Å². The number of amides is 1. The van der Waals surface area contributed by atoms with Crippen molar-refractivity contribution in [2.75, 3.05) is 12.8 Å². The van der Waals surface area contributed by atoms with Gasteiger partial charge < -0.3 is 15.8 Å². The number of nitrogens with one attached hydrogen (secondary N) is 1. The third-order valence-electron chi connectivity index (χ3n) is 3.75. The first-order valence-electron chi connectivity index (χ1n) is 7.81. The Balaban J connectivity index is 1.66. The second-order valence-electron chi connectivity index (χ2n) is 5.50. The lowest BCUT2D eigenvalue weighted by molar-refractivity contribution is 0.0946. The lowest BCUT2D eigenvalue weighted by Crippen LogP contribution is -2.24. The summed E-state index contributed by atoms with van der Waals surface area (Å²) in [5.74, 6) is 0.617. The van der Waals surface area contributed by atoms with Crippen LogP contribution in [-0.4, -0.2) is 28.0 Å². The van der Waals surface area contributed by atoms with Crippen molar-refractivity contribution in [1.29, 1.82) is 0 Å². The van der Waals surface area contributed by atoms with Crippen LogP contribution in [0.1, 0.15) is 21.6 Å². The van der Waals surface area contributed by atoms with Gasteiger partial charge in [-0.3, -0.25) is 4.79 Å². The quantitative estimate of drug-likeness (QED) is 0.716. The van der Waals surface area contributed by atoms with Crippen LogP contribution >= 0.6 is 0 Å². The molecule has 0 aliphatic carbocycles. The number of anilines is 1. The fraction of sp³-hybridized carbons (Fsp3) is 0.167. The van der Waals surface area contributed by atoms with Gasteiger partial charge >= 0.3 is 0 Å². The molecule has 0 aliphatic heterocycles. The number of benzene rings is 2. The highest BCUT2D eigenvalue weighted by Gasteiger charge is 2.17. The van der Waals surface area contributed by atoms with Crippen molar-refractivity contribution in [3.8, 4) is 5.75 Å². The summed E-state index contributed by atoms with van der Waals surface area (Å²) in [4.78, 5) is 12.3. The number of ether oxygens (including phenoxy) is 1. The van der Waals surface area contributed by atoms with E-state index in [9.17, 15) is 4.79 Å². The number of nitrogens with two attached hydrogens (primary N) is 1. The largest absolute Gasteiger partial charge is 0.497 e. The van der Waals surface area contributed by atoms with Gasteiger partial charge in [-0.1, -0.05) is 47.7 Å². The van der Waals surface area contributed by atoms with Crippen LogP contribution in [0.3, 0.4) is 0 Å². The van der Waals surface area contributed by atoms with Gasteiger partial charge in [0.25, 0.3) is 5.91 Å². The molecule has 1 heterocycles. The van der Waals surface area contributed by atoms with Crippen LogP contribution in [0.5, 0.6) is 5.75 Å². The molecule has 3 N–H and O–H groups in total. The number of nitrogens with zero attached hydrogens (tertiary/aromatic N) is 3. The number of rotatable bonds is 6. The summed E-state index contributed by atoms with van der Waals surface area (Å²) in [6.45, 7) is 0.809. The van der Waals surface area contributed by atoms with E-state index in [0.29, 0.717) is 13.1 Å². The molecule has 128 valence electrons. The third-order valence-corrected chi connectivity index (χ3v) is 3.75. The Bertz CT molecular complexity index is 861. The standard InChI is InChI=1S/C18H19N5O2/c1-25-15-9-5-8-14(10-15)11-20-18(24)16-17(19)23(22-21-16)12-13-6-3-2-4-7-13/h2-10H,11-12,19H2,1H3,(H,20,24). The van der Waals surface area contributed by atoms with Crippen LogP contribution in [0, 0.1) is 0 Å². The van der Waals surface area contributed by atoms with Crippen LogP contribution in [0.4, 0.5) is 5.82 Å². The summed E-state index contributed by atoms with van der Waals surface area (Å²) < 4.78 is 6.68. The Hall–Kier alpha value is -3.35. The normalized spacial score (nSPS) is 10.4. The van der Waals surface area contributed by atoms with Gasteiger partial charge in [-0.15, -0.1) is 5.10 Å². The smallest absolute Gasteiger partial charge is 0.275 e. The fourth-order valence-corrected chi connectivity index (χ4v) is 2.40. The van der Waals surface area contributed by atoms with Crippen molar-refractivity contribution < 1.29 is 9.53 Å². The number of methoxy groups -OCH3 is 1. The van der Waals surface area contributed by atoms with Gasteiger partial charge in [0.05, 0.1) is 13.7 Å². The van der Waals surface area contributed by atoms with Gasteiger partial charge in [0.1, 0.15) is 5.75 Å². The van der Waals surface area contributed by atoms with Gasteiger partial charge in [-0.05, 0) is 23.3 Å². The van der Waals surface area contributed by atoms with E-state index < -0.39 is 0 Å². The highest BCUT2D eigenvalue weighted by atomic mass is 16.5. The predicted octanol–water partition coefficient (Wildman–Crippen LogP) is 1.85. The lowest BCUT2D eigenvalue weighted by atomic mass is 10.2. The molecule has 3 rings (SSSR count). The molecule has 1 aromatic heterocycles. The molecule has 0 radical (unpaired) electrons. The Labute approximate surface area is 145 Å². The summed E-state index contributed by atoms with van der Waals surface area (Å²) in [6, 6.07) is 17.2. The Morgan fingerprint density at radius 2 is 1.92 bits per heavy atom. The first kappa shape index (κ1) is 16.5. The summed E-state index contributed by atoms with van der Waals surface area (Å²) in [6.07, 6.45) is 0. The Morgan fingerprint density at radius 3 is 2.68 bits per heavy atom. The van der Waals surface area contributed by atoms with Crippen molar-refractivity contribution in [2.24, 2.45) is 0 Å². The maximum Gasteiger partial charge on any atom is 0.275 e. The van der Waals surface area contributed by atoms with E-state index in [1.807, 2.05) is 54.6 Å².